The summed E-state index contributed by atoms with van der Waals surface area (Å²) in [6.45, 7) is 0.0203. The molecule has 156 valence electrons. The molecule has 7 nitrogen and oxygen atoms in total. The van der Waals surface area contributed by atoms with E-state index in [1.807, 2.05) is 0 Å². The zero-order valence-electron chi connectivity index (χ0n) is 15.6. The molecule has 1 fully saturated rings. The van der Waals surface area contributed by atoms with Gasteiger partial charge in [0.1, 0.15) is 12.6 Å². The lowest BCUT2D eigenvalue weighted by Crippen LogP contribution is -2.42. The van der Waals surface area contributed by atoms with Crippen LogP contribution < -0.4 is 4.74 Å². The molecule has 1 aromatic carbocycles. The van der Waals surface area contributed by atoms with Gasteiger partial charge in [-0.3, -0.25) is 19.3 Å². The molecular formula is C20H16F3N3O4. The fourth-order valence-electron chi connectivity index (χ4n) is 3.49. The zero-order valence-corrected chi connectivity index (χ0v) is 15.6. The number of hydrogen-bond donors (Lipinski definition) is 0. The Morgan fingerprint density at radius 3 is 2.43 bits per heavy atom. The Balaban J connectivity index is 1.37. The first-order valence-electron chi connectivity index (χ1n) is 9.17. The van der Waals surface area contributed by atoms with Crippen molar-refractivity contribution in [2.24, 2.45) is 0 Å². The highest BCUT2D eigenvalue weighted by molar-refractivity contribution is 6.22. The summed E-state index contributed by atoms with van der Waals surface area (Å²) in [5.74, 6) is -1.66. The number of halogens is 3. The minimum absolute atomic E-state index is 0.125. The van der Waals surface area contributed by atoms with Crippen LogP contribution in [0.1, 0.15) is 32.7 Å². The molecule has 3 heterocycles. The van der Waals surface area contributed by atoms with Crippen LogP contribution in [-0.4, -0.2) is 58.2 Å². The maximum atomic E-state index is 12.8. The molecule has 0 radical (unpaired) electrons. The Morgan fingerprint density at radius 1 is 1.13 bits per heavy atom. The molecule has 2 aliphatic rings. The highest BCUT2D eigenvalue weighted by Crippen LogP contribution is 2.31. The third-order valence-electron chi connectivity index (χ3n) is 5.02. The maximum Gasteiger partial charge on any atom is 0.416 e. The standard InChI is InChI=1S/C20H16F3N3O4/c21-20(22,23)12-5-7-24-16(9-12)30-13-6-8-25(10-13)17(27)11-26-18(28)14-3-1-2-4-15(14)19(26)29/h1-5,7,9,13H,6,8,10-11H2. The Morgan fingerprint density at radius 2 is 1.80 bits per heavy atom. The normalized spacial score (nSPS) is 18.7. The van der Waals surface area contributed by atoms with Gasteiger partial charge in [-0.05, 0) is 18.2 Å². The van der Waals surface area contributed by atoms with Gasteiger partial charge in [-0.2, -0.15) is 13.2 Å². The third-order valence-corrected chi connectivity index (χ3v) is 5.02. The van der Waals surface area contributed by atoms with Crippen molar-refractivity contribution >= 4 is 17.7 Å². The zero-order chi connectivity index (χ0) is 21.5. The summed E-state index contributed by atoms with van der Waals surface area (Å²) in [5.41, 5.74) is -0.355. The summed E-state index contributed by atoms with van der Waals surface area (Å²) in [5, 5.41) is 0. The number of carbonyl (C=O) groups is 3. The molecule has 0 spiro atoms. The lowest BCUT2D eigenvalue weighted by atomic mass is 10.1. The molecule has 2 aliphatic heterocycles. The van der Waals surface area contributed by atoms with E-state index in [2.05, 4.69) is 4.98 Å². The van der Waals surface area contributed by atoms with Crippen molar-refractivity contribution in [3.63, 3.8) is 0 Å². The minimum atomic E-state index is -4.51. The van der Waals surface area contributed by atoms with Crippen molar-refractivity contribution in [1.82, 2.24) is 14.8 Å². The molecule has 0 saturated carbocycles. The van der Waals surface area contributed by atoms with Crippen LogP contribution >= 0.6 is 0 Å². The van der Waals surface area contributed by atoms with Crippen molar-refractivity contribution in [1.29, 1.82) is 0 Å². The first-order valence-corrected chi connectivity index (χ1v) is 9.17. The van der Waals surface area contributed by atoms with E-state index in [4.69, 9.17) is 4.74 Å². The minimum Gasteiger partial charge on any atom is -0.472 e. The number of hydrogen-bond acceptors (Lipinski definition) is 5. The van der Waals surface area contributed by atoms with Crippen molar-refractivity contribution < 1.29 is 32.3 Å². The van der Waals surface area contributed by atoms with Gasteiger partial charge in [-0.25, -0.2) is 4.98 Å². The van der Waals surface area contributed by atoms with E-state index in [0.717, 1.165) is 23.2 Å². The van der Waals surface area contributed by atoms with Crippen LogP contribution in [0.2, 0.25) is 0 Å². The van der Waals surface area contributed by atoms with Gasteiger partial charge < -0.3 is 9.64 Å². The smallest absolute Gasteiger partial charge is 0.416 e. The van der Waals surface area contributed by atoms with Crippen LogP contribution in [0.5, 0.6) is 5.88 Å². The van der Waals surface area contributed by atoms with E-state index < -0.39 is 42.1 Å². The Labute approximate surface area is 169 Å². The van der Waals surface area contributed by atoms with Crippen LogP contribution in [-0.2, 0) is 11.0 Å². The number of likely N-dealkylation sites (tertiary alicyclic amines) is 1. The van der Waals surface area contributed by atoms with Crippen LogP contribution in [0.4, 0.5) is 13.2 Å². The second-order valence-electron chi connectivity index (χ2n) is 6.99. The number of amides is 3. The monoisotopic (exact) mass is 419 g/mol. The lowest BCUT2D eigenvalue weighted by Gasteiger charge is -2.20. The summed E-state index contributed by atoms with van der Waals surface area (Å²) in [4.78, 5) is 43.5. The Kier molecular flexibility index (Phi) is 4.92. The number of benzene rings is 1. The molecule has 0 bridgehead atoms. The van der Waals surface area contributed by atoms with E-state index >= 15 is 0 Å². The lowest BCUT2D eigenvalue weighted by molar-refractivity contribution is -0.137. The average molecular weight is 419 g/mol. The van der Waals surface area contributed by atoms with Gasteiger partial charge in [0, 0.05) is 25.2 Å². The molecule has 1 saturated heterocycles. The van der Waals surface area contributed by atoms with Crippen LogP contribution in [0.3, 0.4) is 0 Å². The van der Waals surface area contributed by atoms with Crippen molar-refractivity contribution in [2.75, 3.05) is 19.6 Å². The molecule has 4 rings (SSSR count). The van der Waals surface area contributed by atoms with Gasteiger partial charge in [0.2, 0.25) is 11.8 Å². The van der Waals surface area contributed by atoms with Gasteiger partial charge >= 0.3 is 6.18 Å². The van der Waals surface area contributed by atoms with Crippen molar-refractivity contribution in [2.45, 2.75) is 18.7 Å². The maximum absolute atomic E-state index is 12.8. The summed E-state index contributed by atoms with van der Waals surface area (Å²) in [6.07, 6.45) is -3.64. The number of ether oxygens (including phenoxy) is 1. The predicted molar refractivity (Wildman–Crippen MR) is 96.7 cm³/mol. The Hall–Kier alpha value is -3.43. The van der Waals surface area contributed by atoms with E-state index in [-0.39, 0.29) is 23.6 Å². The molecule has 1 unspecified atom stereocenters. The number of carbonyl (C=O) groups excluding carboxylic acids is 3. The molecule has 0 aliphatic carbocycles. The molecular weight excluding hydrogens is 403 g/mol. The van der Waals surface area contributed by atoms with Crippen molar-refractivity contribution in [3.8, 4) is 5.88 Å². The largest absolute Gasteiger partial charge is 0.472 e. The first-order chi connectivity index (χ1) is 14.2. The number of aromatic nitrogens is 1. The van der Waals surface area contributed by atoms with Gasteiger partial charge in [0.15, 0.2) is 0 Å². The third kappa shape index (κ3) is 3.72. The average Bonchev–Trinajstić information content (AvgIpc) is 3.27. The predicted octanol–water partition coefficient (Wildman–Crippen LogP) is 2.38. The van der Waals surface area contributed by atoms with Gasteiger partial charge in [0.25, 0.3) is 11.8 Å². The molecule has 0 N–H and O–H groups in total. The van der Waals surface area contributed by atoms with Crippen LogP contribution in [0, 0.1) is 0 Å². The van der Waals surface area contributed by atoms with Gasteiger partial charge in [-0.1, -0.05) is 12.1 Å². The summed E-state index contributed by atoms with van der Waals surface area (Å²) in [6, 6.07) is 7.99. The number of fused-ring (bicyclic) bond motifs is 1. The second kappa shape index (κ2) is 7.43. The number of imide groups is 1. The molecule has 10 heteroatoms. The van der Waals surface area contributed by atoms with Crippen molar-refractivity contribution in [3.05, 3.63) is 59.3 Å². The number of nitrogens with zero attached hydrogens (tertiary/aromatic N) is 3. The summed E-state index contributed by atoms with van der Waals surface area (Å²) in [7, 11) is 0. The summed E-state index contributed by atoms with van der Waals surface area (Å²) >= 11 is 0. The second-order valence-corrected chi connectivity index (χ2v) is 6.99. The van der Waals surface area contributed by atoms with E-state index in [0.29, 0.717) is 13.0 Å². The highest BCUT2D eigenvalue weighted by Gasteiger charge is 2.38. The number of alkyl halides is 3. The highest BCUT2D eigenvalue weighted by atomic mass is 19.4. The van der Waals surface area contributed by atoms with E-state index in [1.54, 1.807) is 12.1 Å². The SMILES string of the molecule is O=C(CN1C(=O)c2ccccc2C1=O)N1CCC(Oc2cc(C(F)(F)F)ccn2)C1. The van der Waals surface area contributed by atoms with Gasteiger partial charge in [-0.15, -0.1) is 0 Å². The Bertz CT molecular complexity index is 989. The molecule has 1 atom stereocenters. The molecule has 2 aromatic rings. The van der Waals surface area contributed by atoms with Crippen LogP contribution in [0.15, 0.2) is 42.6 Å². The fraction of sp³-hybridized carbons (Fsp3) is 0.300. The quantitative estimate of drug-likeness (QED) is 0.711. The fourth-order valence-corrected chi connectivity index (χ4v) is 3.49. The summed E-state index contributed by atoms with van der Waals surface area (Å²) < 4.78 is 43.9. The van der Waals surface area contributed by atoms with Gasteiger partial charge in [0.05, 0.1) is 23.2 Å². The van der Waals surface area contributed by atoms with E-state index in [9.17, 15) is 27.6 Å². The van der Waals surface area contributed by atoms with E-state index in [1.165, 1.54) is 17.0 Å². The molecule has 3 amide bonds. The first kappa shape index (κ1) is 19.9. The number of rotatable bonds is 4. The van der Waals surface area contributed by atoms with Crippen LogP contribution in [0.25, 0.3) is 0 Å². The molecule has 30 heavy (non-hydrogen) atoms. The molecule has 1 aromatic heterocycles. The number of pyridine rings is 1. The topological polar surface area (TPSA) is 79.8 Å².